The highest BCUT2D eigenvalue weighted by Crippen LogP contribution is 2.27. The van der Waals surface area contributed by atoms with Crippen LogP contribution in [-0.4, -0.2) is 9.97 Å². The Kier molecular flexibility index (Phi) is 4.50. The predicted octanol–water partition coefficient (Wildman–Crippen LogP) is 3.65. The first kappa shape index (κ1) is 14.0. The second-order valence-electron chi connectivity index (χ2n) is 4.34. The van der Waals surface area contributed by atoms with Gasteiger partial charge < -0.3 is 11.1 Å². The maximum absolute atomic E-state index is 5.81. The smallest absolute Gasteiger partial charge is 0.136 e. The van der Waals surface area contributed by atoms with Crippen LogP contribution in [-0.2, 0) is 0 Å². The minimum atomic E-state index is 0.238. The molecule has 0 aliphatic heterocycles. The lowest BCUT2D eigenvalue weighted by Gasteiger charge is -2.19. The van der Waals surface area contributed by atoms with Crippen LogP contribution in [0.1, 0.15) is 35.4 Å². The summed E-state index contributed by atoms with van der Waals surface area (Å²) in [6.45, 7) is 4.14. The summed E-state index contributed by atoms with van der Waals surface area (Å²) in [5.74, 6) is 0.771. The number of pyridine rings is 1. The van der Waals surface area contributed by atoms with Crippen LogP contribution in [0.3, 0.4) is 0 Å². The summed E-state index contributed by atoms with van der Waals surface area (Å²) >= 11 is 6.87. The van der Waals surface area contributed by atoms with Gasteiger partial charge in [0.2, 0.25) is 0 Å². The van der Waals surface area contributed by atoms with Gasteiger partial charge in [0, 0.05) is 11.1 Å². The van der Waals surface area contributed by atoms with E-state index in [2.05, 4.69) is 34.7 Å². The van der Waals surface area contributed by atoms with Crippen LogP contribution < -0.4 is 11.1 Å². The third kappa shape index (κ3) is 3.11. The van der Waals surface area contributed by atoms with E-state index in [0.717, 1.165) is 23.4 Å². The van der Waals surface area contributed by atoms with Gasteiger partial charge in [-0.2, -0.15) is 0 Å². The fourth-order valence-corrected chi connectivity index (χ4v) is 3.13. The van der Waals surface area contributed by atoms with Crippen molar-refractivity contribution >= 4 is 34.4 Å². The topological polar surface area (TPSA) is 50.9 Å². The number of nitrogens with one attached hydrogen (secondary N) is 1. The number of aryl methyl sites for hydroxylation is 1. The molecule has 2 rings (SSSR count). The van der Waals surface area contributed by atoms with E-state index >= 15 is 0 Å². The van der Waals surface area contributed by atoms with Gasteiger partial charge in [-0.15, -0.1) is 11.3 Å². The molecule has 0 saturated heterocycles. The third-order valence-electron chi connectivity index (χ3n) is 3.01. The zero-order chi connectivity index (χ0) is 13.8. The molecule has 0 fully saturated rings. The minimum Gasteiger partial charge on any atom is -0.389 e. The molecule has 19 heavy (non-hydrogen) atoms. The third-order valence-corrected chi connectivity index (χ3v) is 4.20. The van der Waals surface area contributed by atoms with E-state index in [1.807, 2.05) is 13.0 Å². The number of rotatable bonds is 5. The number of nitrogens with zero attached hydrogens (tertiary/aromatic N) is 1. The highest BCUT2D eigenvalue weighted by molar-refractivity contribution is 7.80. The summed E-state index contributed by atoms with van der Waals surface area (Å²) in [5.41, 5.74) is 7.69. The molecule has 3 nitrogen and oxygen atoms in total. The van der Waals surface area contributed by atoms with Gasteiger partial charge in [-0.05, 0) is 36.4 Å². The van der Waals surface area contributed by atoms with Crippen molar-refractivity contribution in [2.24, 2.45) is 5.73 Å². The van der Waals surface area contributed by atoms with E-state index in [9.17, 15) is 0 Å². The molecule has 0 saturated carbocycles. The van der Waals surface area contributed by atoms with E-state index in [1.165, 1.54) is 4.88 Å². The molecule has 0 aliphatic rings. The van der Waals surface area contributed by atoms with Gasteiger partial charge in [0.15, 0.2) is 0 Å². The Morgan fingerprint density at radius 3 is 2.89 bits per heavy atom. The van der Waals surface area contributed by atoms with Crippen LogP contribution in [0.15, 0.2) is 29.8 Å². The molecule has 1 atom stereocenters. The summed E-state index contributed by atoms with van der Waals surface area (Å²) in [6, 6.07) is 6.35. The molecule has 0 aromatic carbocycles. The van der Waals surface area contributed by atoms with E-state index in [-0.39, 0.29) is 6.04 Å². The van der Waals surface area contributed by atoms with Crippen molar-refractivity contribution in [1.29, 1.82) is 0 Å². The van der Waals surface area contributed by atoms with Gasteiger partial charge in [-0.1, -0.05) is 25.2 Å². The van der Waals surface area contributed by atoms with Crippen LogP contribution in [0.2, 0.25) is 0 Å². The zero-order valence-corrected chi connectivity index (χ0v) is 12.6. The van der Waals surface area contributed by atoms with Crippen LogP contribution in [0.4, 0.5) is 5.82 Å². The SMILES string of the molecule is CCC(Nc1nccc(C)c1C(N)=S)c1cccs1. The molecule has 0 radical (unpaired) electrons. The van der Waals surface area contributed by atoms with Gasteiger partial charge in [-0.3, -0.25) is 0 Å². The van der Waals surface area contributed by atoms with Crippen molar-refractivity contribution in [3.05, 3.63) is 45.8 Å². The molecule has 2 aromatic rings. The molecule has 5 heteroatoms. The number of aromatic nitrogens is 1. The molecule has 2 heterocycles. The summed E-state index contributed by atoms with van der Waals surface area (Å²) in [6.07, 6.45) is 2.76. The largest absolute Gasteiger partial charge is 0.389 e. The van der Waals surface area contributed by atoms with Gasteiger partial charge in [0.1, 0.15) is 10.8 Å². The van der Waals surface area contributed by atoms with Gasteiger partial charge >= 0.3 is 0 Å². The highest BCUT2D eigenvalue weighted by atomic mass is 32.1. The number of thiocarbonyl (C=S) groups is 1. The molecule has 3 N–H and O–H groups in total. The van der Waals surface area contributed by atoms with E-state index in [1.54, 1.807) is 17.5 Å². The quantitative estimate of drug-likeness (QED) is 0.826. The second-order valence-corrected chi connectivity index (χ2v) is 5.76. The average molecular weight is 291 g/mol. The lowest BCUT2D eigenvalue weighted by Crippen LogP contribution is -2.18. The van der Waals surface area contributed by atoms with Crippen LogP contribution in [0, 0.1) is 6.92 Å². The van der Waals surface area contributed by atoms with Crippen LogP contribution >= 0.6 is 23.6 Å². The number of nitrogens with two attached hydrogens (primary N) is 1. The maximum atomic E-state index is 5.81. The van der Waals surface area contributed by atoms with Crippen molar-refractivity contribution in [3.63, 3.8) is 0 Å². The van der Waals surface area contributed by atoms with Crippen LogP contribution in [0.25, 0.3) is 0 Å². The number of hydrogen-bond donors (Lipinski definition) is 2. The first-order chi connectivity index (χ1) is 9.13. The molecular formula is C14H17N3S2. The van der Waals surface area contributed by atoms with Crippen molar-refractivity contribution in [2.45, 2.75) is 26.3 Å². The highest BCUT2D eigenvalue weighted by Gasteiger charge is 2.15. The molecule has 0 amide bonds. The number of thiophene rings is 1. The van der Waals surface area contributed by atoms with Crippen LogP contribution in [0.5, 0.6) is 0 Å². The predicted molar refractivity (Wildman–Crippen MR) is 85.8 cm³/mol. The van der Waals surface area contributed by atoms with Gasteiger partial charge in [-0.25, -0.2) is 4.98 Å². The minimum absolute atomic E-state index is 0.238. The second kappa shape index (κ2) is 6.12. The first-order valence-electron chi connectivity index (χ1n) is 6.18. The zero-order valence-electron chi connectivity index (χ0n) is 11.0. The molecule has 100 valence electrons. The Labute approximate surface area is 122 Å². The fraction of sp³-hybridized carbons (Fsp3) is 0.286. The summed E-state index contributed by atoms with van der Waals surface area (Å²) < 4.78 is 0. The van der Waals surface area contributed by atoms with E-state index in [4.69, 9.17) is 18.0 Å². The molecule has 0 aliphatic carbocycles. The Morgan fingerprint density at radius 1 is 1.53 bits per heavy atom. The Balaban J connectivity index is 2.32. The van der Waals surface area contributed by atoms with Crippen molar-refractivity contribution in [3.8, 4) is 0 Å². The standard InChI is InChI=1S/C14H17N3S2/c1-3-10(11-5-4-8-19-11)17-14-12(13(15)18)9(2)6-7-16-14/h4-8,10H,3H2,1-2H3,(H2,15,18)(H,16,17). The van der Waals surface area contributed by atoms with Crippen molar-refractivity contribution < 1.29 is 0 Å². The van der Waals surface area contributed by atoms with Gasteiger partial charge in [0.25, 0.3) is 0 Å². The lowest BCUT2D eigenvalue weighted by molar-refractivity contribution is 0.758. The average Bonchev–Trinajstić information content (AvgIpc) is 2.89. The number of anilines is 1. The van der Waals surface area contributed by atoms with E-state index in [0.29, 0.717) is 4.99 Å². The Morgan fingerprint density at radius 2 is 2.32 bits per heavy atom. The Bertz CT molecular complexity index is 564. The monoisotopic (exact) mass is 291 g/mol. The fourth-order valence-electron chi connectivity index (χ4n) is 2.01. The van der Waals surface area contributed by atoms with Crippen molar-refractivity contribution in [1.82, 2.24) is 4.98 Å². The summed E-state index contributed by atoms with van der Waals surface area (Å²) in [7, 11) is 0. The molecule has 2 aromatic heterocycles. The molecule has 1 unspecified atom stereocenters. The molecule has 0 spiro atoms. The summed E-state index contributed by atoms with van der Waals surface area (Å²) in [4.78, 5) is 6.06. The van der Waals surface area contributed by atoms with Crippen molar-refractivity contribution in [2.75, 3.05) is 5.32 Å². The maximum Gasteiger partial charge on any atom is 0.136 e. The Hall–Kier alpha value is -1.46. The van der Waals surface area contributed by atoms with E-state index < -0.39 is 0 Å². The summed E-state index contributed by atoms with van der Waals surface area (Å²) in [5, 5.41) is 5.53. The number of hydrogen-bond acceptors (Lipinski definition) is 4. The molecular weight excluding hydrogens is 274 g/mol. The normalized spacial score (nSPS) is 12.1. The van der Waals surface area contributed by atoms with Gasteiger partial charge in [0.05, 0.1) is 11.6 Å². The first-order valence-corrected chi connectivity index (χ1v) is 7.47. The molecule has 0 bridgehead atoms. The lowest BCUT2D eigenvalue weighted by atomic mass is 10.1.